The molecule has 0 saturated carbocycles. The second-order valence-electron chi connectivity index (χ2n) is 4.66. The average Bonchev–Trinajstić information content (AvgIpc) is 2.69. The topological polar surface area (TPSA) is 54.3 Å². The van der Waals surface area contributed by atoms with Crippen LogP contribution in [0.2, 0.25) is 0 Å². The van der Waals surface area contributed by atoms with Crippen molar-refractivity contribution in [2.75, 3.05) is 6.61 Å². The first kappa shape index (κ1) is 15.2. The summed E-state index contributed by atoms with van der Waals surface area (Å²) in [4.78, 5) is 12.2. The number of aryl methyl sites for hydroxylation is 1. The first-order valence-corrected chi connectivity index (χ1v) is 7.06. The molecule has 2 unspecified atom stereocenters. The van der Waals surface area contributed by atoms with Gasteiger partial charge in [0.1, 0.15) is 5.69 Å². The highest BCUT2D eigenvalue weighted by Crippen LogP contribution is 2.16. The van der Waals surface area contributed by atoms with Crippen molar-refractivity contribution in [2.24, 2.45) is 5.92 Å². The second-order valence-corrected chi connectivity index (χ2v) is 5.57. The van der Waals surface area contributed by atoms with E-state index in [1.807, 2.05) is 30.7 Å². The maximum atomic E-state index is 12.2. The summed E-state index contributed by atoms with van der Waals surface area (Å²) in [6.45, 7) is 6.78. The summed E-state index contributed by atoms with van der Waals surface area (Å²) < 4.78 is 2.85. The van der Waals surface area contributed by atoms with Gasteiger partial charge in [-0.1, -0.05) is 13.8 Å². The summed E-state index contributed by atoms with van der Waals surface area (Å²) in [6.07, 6.45) is 2.89. The number of aliphatic hydroxyl groups is 1. The standard InChI is InChI=1S/C13H21BrN2O2/c1-4-5-16-7-11(14)6-12(16)13(18)15-10(3)9(2)8-17/h6-7,9-10,17H,4-5,8H2,1-3H3,(H,15,18). The zero-order valence-electron chi connectivity index (χ0n) is 11.1. The molecule has 0 bridgehead atoms. The van der Waals surface area contributed by atoms with Crippen molar-refractivity contribution in [1.29, 1.82) is 0 Å². The van der Waals surface area contributed by atoms with Crippen molar-refractivity contribution in [1.82, 2.24) is 9.88 Å². The molecule has 0 spiro atoms. The van der Waals surface area contributed by atoms with E-state index in [1.165, 1.54) is 0 Å². The van der Waals surface area contributed by atoms with E-state index in [-0.39, 0.29) is 24.5 Å². The number of carbonyl (C=O) groups is 1. The lowest BCUT2D eigenvalue weighted by Crippen LogP contribution is -2.39. The van der Waals surface area contributed by atoms with Gasteiger partial charge in [-0.15, -0.1) is 0 Å². The van der Waals surface area contributed by atoms with Gasteiger partial charge in [0.25, 0.3) is 5.91 Å². The van der Waals surface area contributed by atoms with Crippen molar-refractivity contribution in [3.63, 3.8) is 0 Å². The molecule has 2 atom stereocenters. The van der Waals surface area contributed by atoms with E-state index in [0.717, 1.165) is 17.4 Å². The Bertz CT molecular complexity index is 404. The molecule has 0 aromatic carbocycles. The first-order chi connectivity index (χ1) is 8.49. The number of hydrogen-bond donors (Lipinski definition) is 2. The number of amides is 1. The van der Waals surface area contributed by atoms with Gasteiger partial charge < -0.3 is 15.0 Å². The van der Waals surface area contributed by atoms with E-state index in [1.54, 1.807) is 0 Å². The Balaban J connectivity index is 2.77. The molecule has 1 amide bonds. The van der Waals surface area contributed by atoms with E-state index < -0.39 is 0 Å². The number of carbonyl (C=O) groups excluding carboxylic acids is 1. The summed E-state index contributed by atoms with van der Waals surface area (Å²) >= 11 is 3.39. The molecular formula is C13H21BrN2O2. The smallest absolute Gasteiger partial charge is 0.268 e. The van der Waals surface area contributed by atoms with Crippen molar-refractivity contribution in [3.05, 3.63) is 22.4 Å². The fraction of sp³-hybridized carbons (Fsp3) is 0.615. The molecule has 0 aliphatic carbocycles. The number of halogens is 1. The minimum Gasteiger partial charge on any atom is -0.396 e. The van der Waals surface area contributed by atoms with Crippen LogP contribution in [0, 0.1) is 5.92 Å². The highest BCUT2D eigenvalue weighted by Gasteiger charge is 2.18. The van der Waals surface area contributed by atoms with Gasteiger partial charge in [-0.2, -0.15) is 0 Å². The van der Waals surface area contributed by atoms with Crippen LogP contribution in [0.5, 0.6) is 0 Å². The predicted octanol–water partition coefficient (Wildman–Crippen LogP) is 2.41. The van der Waals surface area contributed by atoms with Gasteiger partial charge in [-0.05, 0) is 41.3 Å². The molecule has 102 valence electrons. The summed E-state index contributed by atoms with van der Waals surface area (Å²) in [5.41, 5.74) is 0.653. The molecule has 1 aromatic heterocycles. The lowest BCUT2D eigenvalue weighted by atomic mass is 10.1. The fourth-order valence-corrected chi connectivity index (χ4v) is 2.14. The van der Waals surface area contributed by atoms with Crippen LogP contribution in [0.1, 0.15) is 37.7 Å². The zero-order chi connectivity index (χ0) is 13.7. The molecule has 18 heavy (non-hydrogen) atoms. The average molecular weight is 317 g/mol. The van der Waals surface area contributed by atoms with E-state index in [9.17, 15) is 4.79 Å². The lowest BCUT2D eigenvalue weighted by molar-refractivity contribution is 0.0906. The quantitative estimate of drug-likeness (QED) is 0.846. The van der Waals surface area contributed by atoms with Gasteiger partial charge in [0, 0.05) is 29.9 Å². The van der Waals surface area contributed by atoms with Crippen LogP contribution in [-0.2, 0) is 6.54 Å². The number of nitrogens with zero attached hydrogens (tertiary/aromatic N) is 1. The van der Waals surface area contributed by atoms with Crippen molar-refractivity contribution < 1.29 is 9.90 Å². The molecule has 1 rings (SSSR count). The second kappa shape index (κ2) is 6.95. The van der Waals surface area contributed by atoms with Crippen molar-refractivity contribution in [3.8, 4) is 0 Å². The molecule has 1 aromatic rings. The summed E-state index contributed by atoms with van der Waals surface area (Å²) in [5, 5.41) is 12.0. The molecule has 2 N–H and O–H groups in total. The lowest BCUT2D eigenvalue weighted by Gasteiger charge is -2.19. The van der Waals surface area contributed by atoms with Crippen LogP contribution < -0.4 is 5.32 Å². The SMILES string of the molecule is CCCn1cc(Br)cc1C(=O)NC(C)C(C)CO. The Morgan fingerprint density at radius 3 is 2.78 bits per heavy atom. The van der Waals surface area contributed by atoms with E-state index >= 15 is 0 Å². The molecule has 4 nitrogen and oxygen atoms in total. The normalized spacial score (nSPS) is 14.3. The van der Waals surface area contributed by atoms with Gasteiger partial charge in [-0.25, -0.2) is 0 Å². The minimum atomic E-state index is -0.0954. The largest absolute Gasteiger partial charge is 0.396 e. The van der Waals surface area contributed by atoms with Gasteiger partial charge in [0.15, 0.2) is 0 Å². The minimum absolute atomic E-state index is 0.0481. The number of rotatable bonds is 6. The molecule has 5 heteroatoms. The molecule has 0 saturated heterocycles. The third-order valence-electron chi connectivity index (χ3n) is 3.06. The monoisotopic (exact) mass is 316 g/mol. The highest BCUT2D eigenvalue weighted by molar-refractivity contribution is 9.10. The van der Waals surface area contributed by atoms with E-state index in [4.69, 9.17) is 5.11 Å². The van der Waals surface area contributed by atoms with Gasteiger partial charge >= 0.3 is 0 Å². The Hall–Kier alpha value is -0.810. The molecule has 0 aliphatic rings. The number of nitrogens with one attached hydrogen (secondary N) is 1. The zero-order valence-corrected chi connectivity index (χ0v) is 12.7. The molecular weight excluding hydrogens is 296 g/mol. The first-order valence-electron chi connectivity index (χ1n) is 6.27. The van der Waals surface area contributed by atoms with Crippen LogP contribution in [0.25, 0.3) is 0 Å². The molecule has 1 heterocycles. The Morgan fingerprint density at radius 2 is 2.22 bits per heavy atom. The van der Waals surface area contributed by atoms with Crippen molar-refractivity contribution >= 4 is 21.8 Å². The van der Waals surface area contributed by atoms with Crippen LogP contribution in [0.4, 0.5) is 0 Å². The number of aliphatic hydroxyl groups excluding tert-OH is 1. The summed E-state index contributed by atoms with van der Waals surface area (Å²) in [5.74, 6) is -0.0473. The number of hydrogen-bond acceptors (Lipinski definition) is 2. The van der Waals surface area contributed by atoms with Crippen molar-refractivity contribution in [2.45, 2.75) is 39.8 Å². The Labute approximate surface area is 117 Å². The van der Waals surface area contributed by atoms with Gasteiger partial charge in [0.2, 0.25) is 0 Å². The van der Waals surface area contributed by atoms with E-state index in [0.29, 0.717) is 5.69 Å². The van der Waals surface area contributed by atoms with Gasteiger partial charge in [-0.3, -0.25) is 4.79 Å². The molecule has 0 fully saturated rings. The van der Waals surface area contributed by atoms with Crippen LogP contribution in [0.15, 0.2) is 16.7 Å². The van der Waals surface area contributed by atoms with Crippen LogP contribution in [0.3, 0.4) is 0 Å². The van der Waals surface area contributed by atoms with Crippen LogP contribution >= 0.6 is 15.9 Å². The summed E-state index contributed by atoms with van der Waals surface area (Å²) in [7, 11) is 0. The maximum Gasteiger partial charge on any atom is 0.268 e. The Morgan fingerprint density at radius 1 is 1.56 bits per heavy atom. The molecule has 0 radical (unpaired) electrons. The van der Waals surface area contributed by atoms with E-state index in [2.05, 4.69) is 28.2 Å². The third-order valence-corrected chi connectivity index (χ3v) is 3.49. The number of aromatic nitrogens is 1. The van der Waals surface area contributed by atoms with Gasteiger partial charge in [0.05, 0.1) is 0 Å². The highest BCUT2D eigenvalue weighted by atomic mass is 79.9. The third kappa shape index (κ3) is 3.85. The Kier molecular flexibility index (Phi) is 5.88. The fourth-order valence-electron chi connectivity index (χ4n) is 1.67. The summed E-state index contributed by atoms with van der Waals surface area (Å²) in [6, 6.07) is 1.77. The predicted molar refractivity (Wildman–Crippen MR) is 75.6 cm³/mol. The maximum absolute atomic E-state index is 12.2. The molecule has 0 aliphatic heterocycles. The van der Waals surface area contributed by atoms with Crippen LogP contribution in [-0.4, -0.2) is 28.2 Å².